The van der Waals surface area contributed by atoms with Crippen molar-refractivity contribution >= 4 is 57.5 Å². The number of rotatable bonds is 13. The first kappa shape index (κ1) is 34.2. The number of hydrogen-bond donors (Lipinski definition) is 3. The topological polar surface area (TPSA) is 198 Å². The van der Waals surface area contributed by atoms with Gasteiger partial charge in [0.2, 0.25) is 10.0 Å². The predicted octanol–water partition coefficient (Wildman–Crippen LogP) is 2.83. The van der Waals surface area contributed by atoms with Gasteiger partial charge in [0.25, 0.3) is 11.6 Å². The van der Waals surface area contributed by atoms with Gasteiger partial charge in [-0.25, -0.2) is 17.7 Å². The monoisotopic (exact) mass is 698 g/mol. The number of benzene rings is 3. The first-order chi connectivity index (χ1) is 21.9. The van der Waals surface area contributed by atoms with E-state index >= 15 is 0 Å². The van der Waals surface area contributed by atoms with Gasteiger partial charge in [0.05, 0.1) is 40.7 Å². The third-order valence-electron chi connectivity index (χ3n) is 7.68. The summed E-state index contributed by atoms with van der Waals surface area (Å²) in [5.74, 6) is -0.0808. The number of hydrogen-bond acceptors (Lipinski definition) is 10. The van der Waals surface area contributed by atoms with Crippen LogP contribution in [0.1, 0.15) is 21.8 Å². The standard InChI is InChI=1S/C28H32ClN4O11PS/c29-17-20-18-32(28(34)19-1-3-21(4-2-19)43-14-10-31-8-12-42-13-9-31)26-16-25(33(35)36)24-15-22(5-6-23(24)27(20)26)46(40,41)30-7-11-44-45(37,38)39/h1-6,15-16,20,30H,7-14,17-18H2,(H2,37,38,39). The number of fused-ring (bicyclic) bond motifs is 3. The molecule has 0 bridgehead atoms. The average molecular weight is 699 g/mol. The SMILES string of the molecule is O=C(c1ccc(OCCN2CCOCC2)cc1)N1CC(CCl)c2c1cc([N+](=O)[O-])c1cc(S(=O)(=O)NCCOP(=O)(O)O)ccc21. The largest absolute Gasteiger partial charge is 0.492 e. The first-order valence-electron chi connectivity index (χ1n) is 14.2. The molecule has 0 aliphatic carbocycles. The summed E-state index contributed by atoms with van der Waals surface area (Å²) in [6.07, 6.45) is 0. The highest BCUT2D eigenvalue weighted by molar-refractivity contribution is 7.89. The number of anilines is 1. The lowest BCUT2D eigenvalue weighted by Gasteiger charge is -2.26. The van der Waals surface area contributed by atoms with Crippen LogP contribution in [0.5, 0.6) is 5.75 Å². The molecule has 46 heavy (non-hydrogen) atoms. The zero-order valence-electron chi connectivity index (χ0n) is 24.4. The van der Waals surface area contributed by atoms with Crippen LogP contribution in [0.4, 0.5) is 11.4 Å². The van der Waals surface area contributed by atoms with E-state index in [0.717, 1.165) is 25.7 Å². The number of alkyl halides is 1. The zero-order valence-corrected chi connectivity index (χ0v) is 26.9. The molecular weight excluding hydrogens is 667 g/mol. The number of carbonyl (C=O) groups excluding carboxylic acids is 1. The second kappa shape index (κ2) is 14.3. The highest BCUT2D eigenvalue weighted by atomic mass is 35.5. The minimum Gasteiger partial charge on any atom is -0.492 e. The van der Waals surface area contributed by atoms with Crippen LogP contribution in [0.2, 0.25) is 0 Å². The Bertz CT molecular complexity index is 1770. The number of phosphoric ester groups is 1. The van der Waals surface area contributed by atoms with Gasteiger partial charge in [0.15, 0.2) is 0 Å². The van der Waals surface area contributed by atoms with Crippen molar-refractivity contribution in [2.24, 2.45) is 0 Å². The van der Waals surface area contributed by atoms with Gasteiger partial charge in [-0.1, -0.05) is 6.07 Å². The van der Waals surface area contributed by atoms with Crippen LogP contribution in [0.3, 0.4) is 0 Å². The van der Waals surface area contributed by atoms with Crippen molar-refractivity contribution in [1.82, 2.24) is 9.62 Å². The number of non-ortho nitro benzene ring substituents is 1. The lowest BCUT2D eigenvalue weighted by Crippen LogP contribution is -2.38. The Balaban J connectivity index is 1.38. The fraction of sp³-hybridized carbons (Fsp3) is 0.393. The van der Waals surface area contributed by atoms with Gasteiger partial charge < -0.3 is 24.2 Å². The minimum absolute atomic E-state index is 0.0288. The summed E-state index contributed by atoms with van der Waals surface area (Å²) in [6, 6.07) is 11.7. The fourth-order valence-electron chi connectivity index (χ4n) is 5.48. The van der Waals surface area contributed by atoms with Crippen LogP contribution in [0, 0.1) is 10.1 Å². The van der Waals surface area contributed by atoms with Crippen molar-refractivity contribution in [3.63, 3.8) is 0 Å². The molecule has 1 amide bonds. The molecule has 3 aromatic carbocycles. The number of carbonyl (C=O) groups is 1. The molecule has 18 heteroatoms. The van der Waals surface area contributed by atoms with E-state index in [1.54, 1.807) is 24.3 Å². The minimum atomic E-state index is -4.79. The summed E-state index contributed by atoms with van der Waals surface area (Å²) < 4.78 is 54.2. The second-order valence-corrected chi connectivity index (χ2v) is 13.9. The van der Waals surface area contributed by atoms with E-state index in [1.807, 2.05) is 0 Å². The molecule has 0 spiro atoms. The van der Waals surface area contributed by atoms with Crippen LogP contribution < -0.4 is 14.4 Å². The molecule has 0 saturated carbocycles. The number of nitro groups is 1. The van der Waals surface area contributed by atoms with E-state index in [0.29, 0.717) is 47.8 Å². The van der Waals surface area contributed by atoms with Gasteiger partial charge >= 0.3 is 7.82 Å². The van der Waals surface area contributed by atoms with Crippen molar-refractivity contribution in [3.05, 3.63) is 69.8 Å². The molecule has 15 nitrogen and oxygen atoms in total. The summed E-state index contributed by atoms with van der Waals surface area (Å²) in [5.41, 5.74) is 0.829. The lowest BCUT2D eigenvalue weighted by atomic mass is 9.95. The Morgan fingerprint density at radius 1 is 1.11 bits per heavy atom. The number of nitrogens with zero attached hydrogens (tertiary/aromatic N) is 3. The van der Waals surface area contributed by atoms with Gasteiger partial charge in [-0.2, -0.15) is 0 Å². The molecule has 1 unspecified atom stereocenters. The van der Waals surface area contributed by atoms with E-state index in [1.165, 1.54) is 23.1 Å². The number of ether oxygens (including phenoxy) is 2. The smallest absolute Gasteiger partial charge is 0.469 e. The summed E-state index contributed by atoms with van der Waals surface area (Å²) in [5, 5.41) is 12.6. The molecule has 1 saturated heterocycles. The second-order valence-electron chi connectivity index (χ2n) is 10.6. The summed E-state index contributed by atoms with van der Waals surface area (Å²) in [7, 11) is -9.02. The molecule has 0 radical (unpaired) electrons. The van der Waals surface area contributed by atoms with Crippen molar-refractivity contribution in [3.8, 4) is 5.75 Å². The number of sulfonamides is 1. The van der Waals surface area contributed by atoms with E-state index in [4.69, 9.17) is 30.9 Å². The Hall–Kier alpha value is -3.18. The van der Waals surface area contributed by atoms with Gasteiger partial charge in [0.1, 0.15) is 12.4 Å². The molecule has 5 rings (SSSR count). The van der Waals surface area contributed by atoms with Crippen LogP contribution in [0.25, 0.3) is 10.8 Å². The molecule has 2 aliphatic rings. The van der Waals surface area contributed by atoms with Gasteiger partial charge in [-0.05, 0) is 47.3 Å². The quantitative estimate of drug-likeness (QED) is 0.0777. The number of amides is 1. The molecule has 1 atom stereocenters. The Morgan fingerprint density at radius 3 is 2.48 bits per heavy atom. The predicted molar refractivity (Wildman–Crippen MR) is 168 cm³/mol. The van der Waals surface area contributed by atoms with Crippen molar-refractivity contribution in [1.29, 1.82) is 0 Å². The zero-order chi connectivity index (χ0) is 33.1. The summed E-state index contributed by atoms with van der Waals surface area (Å²) in [6.45, 7) is 3.42. The Labute approximate surface area is 269 Å². The van der Waals surface area contributed by atoms with Crippen molar-refractivity contribution < 1.29 is 46.5 Å². The molecule has 1 fully saturated rings. The number of nitro benzene ring substituents is 1. The van der Waals surface area contributed by atoms with E-state index in [2.05, 4.69) is 14.1 Å². The maximum absolute atomic E-state index is 13.7. The average Bonchev–Trinajstić information content (AvgIpc) is 3.41. The van der Waals surface area contributed by atoms with E-state index < -0.39 is 47.5 Å². The van der Waals surface area contributed by atoms with Gasteiger partial charge in [-0.15, -0.1) is 11.6 Å². The molecule has 248 valence electrons. The molecule has 3 aromatic rings. The van der Waals surface area contributed by atoms with Crippen LogP contribution in [-0.4, -0.2) is 99.0 Å². The maximum atomic E-state index is 13.7. The molecule has 2 heterocycles. The van der Waals surface area contributed by atoms with Crippen LogP contribution in [0.15, 0.2) is 53.4 Å². The van der Waals surface area contributed by atoms with Gasteiger partial charge in [0, 0.05) is 56.2 Å². The Morgan fingerprint density at radius 2 is 1.83 bits per heavy atom. The molecule has 2 aliphatic heterocycles. The van der Waals surface area contributed by atoms with E-state index in [-0.39, 0.29) is 28.6 Å². The summed E-state index contributed by atoms with van der Waals surface area (Å²) >= 11 is 6.31. The van der Waals surface area contributed by atoms with E-state index in [9.17, 15) is 27.9 Å². The highest BCUT2D eigenvalue weighted by Gasteiger charge is 2.37. The van der Waals surface area contributed by atoms with Crippen LogP contribution >= 0.6 is 19.4 Å². The van der Waals surface area contributed by atoms with Crippen LogP contribution in [-0.2, 0) is 23.8 Å². The number of morpholine rings is 1. The summed E-state index contributed by atoms with van der Waals surface area (Å²) in [4.78, 5) is 46.2. The third kappa shape index (κ3) is 7.85. The molecule has 0 aromatic heterocycles. The molecule has 3 N–H and O–H groups in total. The number of nitrogens with one attached hydrogen (secondary N) is 1. The van der Waals surface area contributed by atoms with Crippen molar-refractivity contribution in [2.45, 2.75) is 10.8 Å². The number of halogens is 1. The fourth-order valence-corrected chi connectivity index (χ4v) is 7.10. The first-order valence-corrected chi connectivity index (χ1v) is 17.8. The Kier molecular flexibility index (Phi) is 10.6. The highest BCUT2D eigenvalue weighted by Crippen LogP contribution is 2.46. The molecular formula is C28H32ClN4O11PS. The maximum Gasteiger partial charge on any atom is 0.469 e. The number of phosphoric acid groups is 1. The van der Waals surface area contributed by atoms with Gasteiger partial charge in [-0.3, -0.25) is 24.3 Å². The van der Waals surface area contributed by atoms with Crippen molar-refractivity contribution in [2.75, 3.05) is 69.9 Å². The third-order valence-corrected chi connectivity index (χ3v) is 10.0. The normalized spacial score (nSPS) is 17.3. The lowest BCUT2D eigenvalue weighted by molar-refractivity contribution is -0.383.